The third kappa shape index (κ3) is 4.87. The number of amides is 1. The number of nitrogens with zero attached hydrogens (tertiary/aromatic N) is 2. The maximum atomic E-state index is 13.4. The first-order valence-electron chi connectivity index (χ1n) is 9.56. The molecular weight excluding hydrogens is 365 g/mol. The monoisotopic (exact) mass is 391 g/mol. The Morgan fingerprint density at radius 2 is 1.62 bits per heavy atom. The third-order valence-corrected chi connectivity index (χ3v) is 5.02. The highest BCUT2D eigenvalue weighted by Gasteiger charge is 2.27. The second-order valence-corrected chi connectivity index (χ2v) is 7.50. The first-order chi connectivity index (χ1) is 13.9. The van der Waals surface area contributed by atoms with Crippen LogP contribution in [0.5, 0.6) is 0 Å². The van der Waals surface area contributed by atoms with Crippen LogP contribution in [0.4, 0.5) is 4.39 Å². The van der Waals surface area contributed by atoms with Gasteiger partial charge in [-0.05, 0) is 74.5 Å². The maximum Gasteiger partial charge on any atom is 0.242 e. The fraction of sp³-hybridized carbons (Fsp3) is 0.250. The van der Waals surface area contributed by atoms with Crippen LogP contribution in [0.1, 0.15) is 39.9 Å². The van der Waals surface area contributed by atoms with Gasteiger partial charge >= 0.3 is 0 Å². The number of rotatable bonds is 6. The Hall–Kier alpha value is -3.05. The van der Waals surface area contributed by atoms with Crippen LogP contribution in [-0.4, -0.2) is 29.9 Å². The number of pyridine rings is 1. The molecule has 29 heavy (non-hydrogen) atoms. The number of hydrogen-bond donors (Lipinski definition) is 1. The second kappa shape index (κ2) is 8.97. The summed E-state index contributed by atoms with van der Waals surface area (Å²) in [6, 6.07) is 15.3. The van der Waals surface area contributed by atoms with Crippen LogP contribution in [0.2, 0.25) is 0 Å². The lowest BCUT2D eigenvalue weighted by molar-refractivity contribution is -0.126. The molecule has 2 aromatic carbocycles. The minimum Gasteiger partial charge on any atom is -0.344 e. The van der Waals surface area contributed by atoms with Gasteiger partial charge in [0.1, 0.15) is 11.9 Å². The first kappa shape index (κ1) is 20.7. The standard InChI is InChI=1S/C24H26FN3O/c1-16-5-6-17(2)21(15-16)22(18-11-13-26-14-12-18)27-24(29)23(28(3)4)19-7-9-20(25)10-8-19/h5-15,22-23H,1-4H3,(H,27,29)/t22-,23+/m0/s1. The molecule has 0 aliphatic rings. The summed E-state index contributed by atoms with van der Waals surface area (Å²) in [6.07, 6.45) is 3.45. The average molecular weight is 391 g/mol. The van der Waals surface area contributed by atoms with Gasteiger partial charge in [-0.15, -0.1) is 0 Å². The summed E-state index contributed by atoms with van der Waals surface area (Å²) in [6.45, 7) is 4.08. The van der Waals surface area contributed by atoms with Gasteiger partial charge in [0.2, 0.25) is 5.91 Å². The highest BCUT2D eigenvalue weighted by Crippen LogP contribution is 2.28. The highest BCUT2D eigenvalue weighted by molar-refractivity contribution is 5.84. The second-order valence-electron chi connectivity index (χ2n) is 7.50. The lowest BCUT2D eigenvalue weighted by atomic mass is 9.93. The fourth-order valence-corrected chi connectivity index (χ4v) is 3.52. The first-order valence-corrected chi connectivity index (χ1v) is 9.56. The van der Waals surface area contributed by atoms with E-state index >= 15 is 0 Å². The molecule has 0 spiro atoms. The molecule has 3 rings (SSSR count). The van der Waals surface area contributed by atoms with E-state index in [0.717, 1.165) is 27.8 Å². The zero-order valence-electron chi connectivity index (χ0n) is 17.2. The van der Waals surface area contributed by atoms with E-state index in [1.165, 1.54) is 12.1 Å². The van der Waals surface area contributed by atoms with Gasteiger partial charge < -0.3 is 5.32 Å². The lowest BCUT2D eigenvalue weighted by Crippen LogP contribution is -2.39. The normalized spacial score (nSPS) is 13.2. The van der Waals surface area contributed by atoms with Gasteiger partial charge in [-0.25, -0.2) is 4.39 Å². The van der Waals surface area contributed by atoms with Crippen molar-refractivity contribution in [3.05, 3.63) is 101 Å². The number of halogens is 1. The molecule has 0 fully saturated rings. The average Bonchev–Trinajstić information content (AvgIpc) is 2.70. The number of benzene rings is 2. The fourth-order valence-electron chi connectivity index (χ4n) is 3.52. The third-order valence-electron chi connectivity index (χ3n) is 5.02. The smallest absolute Gasteiger partial charge is 0.242 e. The minimum absolute atomic E-state index is 0.149. The summed E-state index contributed by atoms with van der Waals surface area (Å²) in [5.74, 6) is -0.471. The molecule has 150 valence electrons. The zero-order valence-corrected chi connectivity index (χ0v) is 17.2. The van der Waals surface area contributed by atoms with Crippen LogP contribution in [0, 0.1) is 19.7 Å². The molecule has 0 unspecified atom stereocenters. The topological polar surface area (TPSA) is 45.2 Å². The van der Waals surface area contributed by atoms with Crippen LogP contribution in [0.3, 0.4) is 0 Å². The minimum atomic E-state index is -0.537. The number of hydrogen-bond acceptors (Lipinski definition) is 3. The number of nitrogens with one attached hydrogen (secondary N) is 1. The van der Waals surface area contributed by atoms with Crippen molar-refractivity contribution in [1.82, 2.24) is 15.2 Å². The van der Waals surface area contributed by atoms with Gasteiger partial charge in [-0.3, -0.25) is 14.7 Å². The molecule has 1 heterocycles. The quantitative estimate of drug-likeness (QED) is 0.680. The molecule has 3 aromatic rings. The molecule has 0 aliphatic heterocycles. The van der Waals surface area contributed by atoms with Crippen molar-refractivity contribution < 1.29 is 9.18 Å². The predicted molar refractivity (Wildman–Crippen MR) is 113 cm³/mol. The summed E-state index contributed by atoms with van der Waals surface area (Å²) in [5.41, 5.74) is 4.96. The number of carbonyl (C=O) groups is 1. The predicted octanol–water partition coefficient (Wildman–Crippen LogP) is 4.35. The van der Waals surface area contributed by atoms with E-state index in [-0.39, 0.29) is 17.8 Å². The van der Waals surface area contributed by atoms with E-state index in [1.54, 1.807) is 24.5 Å². The largest absolute Gasteiger partial charge is 0.344 e. The van der Waals surface area contributed by atoms with Gasteiger partial charge in [0, 0.05) is 12.4 Å². The lowest BCUT2D eigenvalue weighted by Gasteiger charge is -2.28. The molecule has 5 heteroatoms. The van der Waals surface area contributed by atoms with Crippen molar-refractivity contribution in [2.75, 3.05) is 14.1 Å². The molecule has 2 atom stereocenters. The number of aryl methyl sites for hydroxylation is 2. The van der Waals surface area contributed by atoms with Crippen molar-refractivity contribution in [2.24, 2.45) is 0 Å². The zero-order chi connectivity index (χ0) is 21.0. The van der Waals surface area contributed by atoms with Crippen LogP contribution >= 0.6 is 0 Å². The summed E-state index contributed by atoms with van der Waals surface area (Å²) in [4.78, 5) is 19.3. The summed E-state index contributed by atoms with van der Waals surface area (Å²) in [5, 5.41) is 3.21. The van der Waals surface area contributed by atoms with E-state index in [1.807, 2.05) is 45.0 Å². The van der Waals surface area contributed by atoms with E-state index in [9.17, 15) is 9.18 Å². The van der Waals surface area contributed by atoms with Crippen LogP contribution < -0.4 is 5.32 Å². The number of carbonyl (C=O) groups excluding carboxylic acids is 1. The van der Waals surface area contributed by atoms with Gasteiger partial charge in [0.05, 0.1) is 6.04 Å². The van der Waals surface area contributed by atoms with E-state index in [4.69, 9.17) is 0 Å². The molecule has 0 saturated carbocycles. The van der Waals surface area contributed by atoms with Crippen LogP contribution in [-0.2, 0) is 4.79 Å². The van der Waals surface area contributed by atoms with Crippen molar-refractivity contribution in [2.45, 2.75) is 25.9 Å². The molecule has 0 bridgehead atoms. The van der Waals surface area contributed by atoms with Crippen molar-refractivity contribution in [3.63, 3.8) is 0 Å². The Kier molecular flexibility index (Phi) is 6.39. The Balaban J connectivity index is 1.99. The summed E-state index contributed by atoms with van der Waals surface area (Å²) >= 11 is 0. The van der Waals surface area contributed by atoms with Gasteiger partial charge in [0.15, 0.2) is 0 Å². The molecule has 1 aromatic heterocycles. The number of likely N-dealkylation sites (N-methyl/N-ethyl adjacent to an activating group) is 1. The highest BCUT2D eigenvalue weighted by atomic mass is 19.1. The molecule has 0 radical (unpaired) electrons. The molecule has 1 amide bonds. The summed E-state index contributed by atoms with van der Waals surface area (Å²) < 4.78 is 13.4. The van der Waals surface area contributed by atoms with Crippen LogP contribution in [0.25, 0.3) is 0 Å². The molecular formula is C24H26FN3O. The van der Waals surface area contributed by atoms with E-state index in [0.29, 0.717) is 0 Å². The van der Waals surface area contributed by atoms with Crippen molar-refractivity contribution >= 4 is 5.91 Å². The van der Waals surface area contributed by atoms with E-state index in [2.05, 4.69) is 28.5 Å². The van der Waals surface area contributed by atoms with Crippen molar-refractivity contribution in [1.29, 1.82) is 0 Å². The molecule has 0 aliphatic carbocycles. The molecule has 4 nitrogen and oxygen atoms in total. The van der Waals surface area contributed by atoms with Gasteiger partial charge in [-0.1, -0.05) is 35.9 Å². The van der Waals surface area contributed by atoms with Gasteiger partial charge in [0.25, 0.3) is 0 Å². The SMILES string of the molecule is Cc1ccc(C)c([C@@H](NC(=O)[C@@H](c2ccc(F)cc2)N(C)C)c2ccncc2)c1. The Bertz CT molecular complexity index is 971. The van der Waals surface area contributed by atoms with Crippen LogP contribution in [0.15, 0.2) is 67.0 Å². The Labute approximate surface area is 171 Å². The Morgan fingerprint density at radius 3 is 2.24 bits per heavy atom. The molecule has 1 N–H and O–H groups in total. The van der Waals surface area contributed by atoms with Crippen molar-refractivity contribution in [3.8, 4) is 0 Å². The molecule has 0 saturated heterocycles. The summed E-state index contributed by atoms with van der Waals surface area (Å²) in [7, 11) is 3.68. The Morgan fingerprint density at radius 1 is 0.966 bits per heavy atom. The van der Waals surface area contributed by atoms with Gasteiger partial charge in [-0.2, -0.15) is 0 Å². The van der Waals surface area contributed by atoms with E-state index < -0.39 is 6.04 Å². The maximum absolute atomic E-state index is 13.4. The number of aromatic nitrogens is 1.